The first-order valence-electron chi connectivity index (χ1n) is 10.3. The number of amides is 1. The van der Waals surface area contributed by atoms with Crippen LogP contribution >= 0.6 is 11.3 Å². The molecule has 0 unspecified atom stereocenters. The van der Waals surface area contributed by atoms with E-state index in [1.165, 1.54) is 31.2 Å². The van der Waals surface area contributed by atoms with Crippen LogP contribution in [0.5, 0.6) is 0 Å². The molecule has 1 heterocycles. The minimum atomic E-state index is -4.60. The van der Waals surface area contributed by atoms with Gasteiger partial charge in [0.1, 0.15) is 4.21 Å². The molecule has 0 spiro atoms. The zero-order valence-electron chi connectivity index (χ0n) is 18.5. The topological polar surface area (TPSA) is 130 Å². The van der Waals surface area contributed by atoms with Crippen LogP contribution in [0.25, 0.3) is 0 Å². The number of aliphatic carboxylic acids is 1. The van der Waals surface area contributed by atoms with E-state index >= 15 is 0 Å². The summed E-state index contributed by atoms with van der Waals surface area (Å²) >= 11 is 0.800. The second kappa shape index (κ2) is 12.1. The van der Waals surface area contributed by atoms with Gasteiger partial charge in [-0.3, -0.25) is 9.59 Å². The number of hydrogen-bond donors (Lipinski definition) is 2. The molecule has 1 amide bonds. The van der Waals surface area contributed by atoms with Gasteiger partial charge in [-0.05, 0) is 43.2 Å². The Morgan fingerprint density at radius 1 is 1.14 bits per heavy atom. The van der Waals surface area contributed by atoms with Crippen molar-refractivity contribution < 1.29 is 45.8 Å². The van der Waals surface area contributed by atoms with Gasteiger partial charge in [0.25, 0.3) is 0 Å². The van der Waals surface area contributed by atoms with E-state index in [1.807, 2.05) is 0 Å². The Morgan fingerprint density at radius 3 is 2.49 bits per heavy atom. The van der Waals surface area contributed by atoms with E-state index < -0.39 is 39.6 Å². The number of nitrogens with zero attached hydrogens (tertiary/aromatic N) is 1. The zero-order valence-corrected chi connectivity index (χ0v) is 20.1. The Balaban J connectivity index is 2.22. The lowest BCUT2D eigenvalue weighted by atomic mass is 10.1. The lowest BCUT2D eigenvalue weighted by Gasteiger charge is -2.21. The van der Waals surface area contributed by atoms with E-state index in [-0.39, 0.29) is 48.9 Å². The number of carbonyl (C=O) groups excluding carboxylic acids is 2. The SMILES string of the molecule is CCOC(=O)C(=O)N(Cc1cccc(C(F)(F)F)c1)Cc1ccc(S(=O)(=O)NCCCC(=O)O)s1. The monoisotopic (exact) mass is 536 g/mol. The van der Waals surface area contributed by atoms with Crippen LogP contribution in [0.4, 0.5) is 13.2 Å². The van der Waals surface area contributed by atoms with Crippen molar-refractivity contribution in [2.75, 3.05) is 13.2 Å². The first kappa shape index (κ1) is 28.3. The Kier molecular flexibility index (Phi) is 9.80. The predicted molar refractivity (Wildman–Crippen MR) is 119 cm³/mol. The number of carboxylic acids is 1. The number of alkyl halides is 3. The number of benzene rings is 1. The van der Waals surface area contributed by atoms with Crippen molar-refractivity contribution in [2.45, 2.75) is 43.2 Å². The Hall–Kier alpha value is -2.97. The molecular weight excluding hydrogens is 513 g/mol. The highest BCUT2D eigenvalue weighted by molar-refractivity contribution is 7.91. The molecule has 0 fully saturated rings. The molecule has 0 atom stereocenters. The van der Waals surface area contributed by atoms with Gasteiger partial charge in [-0.15, -0.1) is 11.3 Å². The van der Waals surface area contributed by atoms with Gasteiger partial charge in [0.2, 0.25) is 10.0 Å². The highest BCUT2D eigenvalue weighted by Crippen LogP contribution is 2.30. The van der Waals surface area contributed by atoms with Crippen LogP contribution in [0, 0.1) is 0 Å². The molecule has 0 aliphatic heterocycles. The van der Waals surface area contributed by atoms with Crippen molar-refractivity contribution in [3.05, 3.63) is 52.4 Å². The van der Waals surface area contributed by atoms with Gasteiger partial charge in [-0.2, -0.15) is 13.2 Å². The number of rotatable bonds is 11. The molecule has 9 nitrogen and oxygen atoms in total. The molecule has 14 heteroatoms. The largest absolute Gasteiger partial charge is 0.481 e. The van der Waals surface area contributed by atoms with Gasteiger partial charge in [-0.1, -0.05) is 12.1 Å². The van der Waals surface area contributed by atoms with Gasteiger partial charge >= 0.3 is 24.0 Å². The maximum absolute atomic E-state index is 13.1. The quantitative estimate of drug-likeness (QED) is 0.257. The number of carboxylic acid groups (broad SMARTS) is 1. The highest BCUT2D eigenvalue weighted by Gasteiger charge is 2.31. The summed E-state index contributed by atoms with van der Waals surface area (Å²) in [5.41, 5.74) is -0.806. The number of halogens is 3. The molecule has 2 N–H and O–H groups in total. The number of sulfonamides is 1. The van der Waals surface area contributed by atoms with Crippen molar-refractivity contribution in [3.8, 4) is 0 Å². The molecule has 1 aromatic heterocycles. The molecule has 0 saturated carbocycles. The van der Waals surface area contributed by atoms with Gasteiger partial charge in [-0.25, -0.2) is 17.9 Å². The van der Waals surface area contributed by atoms with E-state index in [4.69, 9.17) is 9.84 Å². The maximum atomic E-state index is 13.1. The predicted octanol–water partition coefficient (Wildman–Crippen LogP) is 3.00. The van der Waals surface area contributed by atoms with Crippen molar-refractivity contribution in [1.82, 2.24) is 9.62 Å². The summed E-state index contributed by atoms with van der Waals surface area (Å²) in [4.78, 5) is 36.5. The van der Waals surface area contributed by atoms with Gasteiger partial charge in [0.15, 0.2) is 0 Å². The van der Waals surface area contributed by atoms with Crippen LogP contribution in [0.3, 0.4) is 0 Å². The molecule has 0 aliphatic carbocycles. The summed E-state index contributed by atoms with van der Waals surface area (Å²) in [5, 5.41) is 8.63. The van der Waals surface area contributed by atoms with E-state index in [2.05, 4.69) is 4.72 Å². The molecule has 2 aromatic rings. The van der Waals surface area contributed by atoms with Crippen molar-refractivity contribution in [2.24, 2.45) is 0 Å². The van der Waals surface area contributed by atoms with Crippen LogP contribution in [0.2, 0.25) is 0 Å². The second-order valence-corrected chi connectivity index (χ2v) is 10.4. The van der Waals surface area contributed by atoms with Crippen molar-refractivity contribution >= 4 is 39.2 Å². The van der Waals surface area contributed by atoms with E-state index in [9.17, 15) is 36.0 Å². The van der Waals surface area contributed by atoms with Crippen LogP contribution in [0.1, 0.15) is 35.8 Å². The van der Waals surface area contributed by atoms with Gasteiger partial charge in [0.05, 0.1) is 18.7 Å². The van der Waals surface area contributed by atoms with Crippen molar-refractivity contribution in [3.63, 3.8) is 0 Å². The lowest BCUT2D eigenvalue weighted by Crippen LogP contribution is -2.36. The summed E-state index contributed by atoms with van der Waals surface area (Å²) < 4.78 is 70.9. The second-order valence-electron chi connectivity index (χ2n) is 7.20. The van der Waals surface area contributed by atoms with Gasteiger partial charge in [0, 0.05) is 24.4 Å². The lowest BCUT2D eigenvalue weighted by molar-refractivity contribution is -0.160. The smallest absolute Gasteiger partial charge is 0.416 e. The van der Waals surface area contributed by atoms with Crippen LogP contribution in [-0.4, -0.2) is 49.4 Å². The van der Waals surface area contributed by atoms with E-state index in [1.54, 1.807) is 0 Å². The number of esters is 1. The average Bonchev–Trinajstić information content (AvgIpc) is 3.25. The molecule has 1 aromatic carbocycles. The number of nitrogens with one attached hydrogen (secondary N) is 1. The minimum absolute atomic E-state index is 0.0864. The molecule has 2 rings (SSSR count). The third-order valence-electron chi connectivity index (χ3n) is 4.47. The molecule has 192 valence electrons. The average molecular weight is 537 g/mol. The van der Waals surface area contributed by atoms with Crippen LogP contribution in [0.15, 0.2) is 40.6 Å². The number of hydrogen-bond acceptors (Lipinski definition) is 7. The Labute approximate surface area is 203 Å². The first-order chi connectivity index (χ1) is 16.3. The number of thiophene rings is 1. The molecule has 0 aliphatic rings. The zero-order chi connectivity index (χ0) is 26.2. The standard InChI is InChI=1S/C21H23F3N2O7S2/c1-2-33-20(30)19(29)26(12-14-5-3-6-15(11-14)21(22,23)24)13-16-8-9-18(34-16)35(31,32)25-10-4-7-17(27)28/h3,5-6,8-9,11,25H,2,4,7,10,12-13H2,1H3,(H,27,28). The fourth-order valence-corrected chi connectivity index (χ4v) is 5.37. The first-order valence-corrected chi connectivity index (χ1v) is 12.6. The minimum Gasteiger partial charge on any atom is -0.481 e. The van der Waals surface area contributed by atoms with E-state index in [0.29, 0.717) is 4.88 Å². The summed E-state index contributed by atoms with van der Waals surface area (Å²) in [7, 11) is -3.94. The van der Waals surface area contributed by atoms with Gasteiger partial charge < -0.3 is 14.7 Å². The van der Waals surface area contributed by atoms with Crippen LogP contribution < -0.4 is 4.72 Å². The Bertz CT molecular complexity index is 1160. The molecule has 35 heavy (non-hydrogen) atoms. The molecule has 0 radical (unpaired) electrons. The molecular formula is C21H23F3N2O7S2. The fraction of sp³-hybridized carbons (Fsp3) is 0.381. The van der Waals surface area contributed by atoms with Crippen molar-refractivity contribution in [1.29, 1.82) is 0 Å². The molecule has 0 saturated heterocycles. The third kappa shape index (κ3) is 8.64. The maximum Gasteiger partial charge on any atom is 0.416 e. The summed E-state index contributed by atoms with van der Waals surface area (Å²) in [6.45, 7) is 0.700. The summed E-state index contributed by atoms with van der Waals surface area (Å²) in [5.74, 6) is -3.34. The fourth-order valence-electron chi connectivity index (χ4n) is 2.88. The summed E-state index contributed by atoms with van der Waals surface area (Å²) in [6.07, 6.45) is -4.72. The molecule has 0 bridgehead atoms. The third-order valence-corrected chi connectivity index (χ3v) is 7.50. The van der Waals surface area contributed by atoms with Crippen LogP contribution in [-0.2, 0) is 48.4 Å². The number of ether oxygens (including phenoxy) is 1. The summed E-state index contributed by atoms with van der Waals surface area (Å²) in [6, 6.07) is 6.96. The normalized spacial score (nSPS) is 11.8. The number of carbonyl (C=O) groups is 3. The highest BCUT2D eigenvalue weighted by atomic mass is 32.2. The Morgan fingerprint density at radius 2 is 1.86 bits per heavy atom. The van der Waals surface area contributed by atoms with E-state index in [0.717, 1.165) is 28.4 Å².